The maximum absolute atomic E-state index is 12.9. The van der Waals surface area contributed by atoms with Gasteiger partial charge in [-0.05, 0) is 60.2 Å². The predicted octanol–water partition coefficient (Wildman–Crippen LogP) is 4.79. The van der Waals surface area contributed by atoms with E-state index in [1.807, 2.05) is 6.07 Å². The van der Waals surface area contributed by atoms with Crippen molar-refractivity contribution in [2.75, 3.05) is 6.61 Å². The van der Waals surface area contributed by atoms with Gasteiger partial charge < -0.3 is 9.16 Å². The zero-order valence-electron chi connectivity index (χ0n) is 19.5. The zero-order chi connectivity index (χ0) is 21.9. The van der Waals surface area contributed by atoms with Gasteiger partial charge in [0.1, 0.15) is 17.2 Å². The van der Waals surface area contributed by atoms with Crippen LogP contribution >= 0.6 is 0 Å². The summed E-state index contributed by atoms with van der Waals surface area (Å²) in [5, 5.41) is 9.26. The van der Waals surface area contributed by atoms with Gasteiger partial charge in [-0.2, -0.15) is 5.26 Å². The van der Waals surface area contributed by atoms with Crippen LogP contribution in [-0.4, -0.2) is 27.9 Å². The molecular weight excluding hydrogens is 378 g/mol. The van der Waals surface area contributed by atoms with Crippen molar-refractivity contribution in [3.05, 3.63) is 12.2 Å². The lowest BCUT2D eigenvalue weighted by molar-refractivity contribution is -0.341. The first-order valence-corrected chi connectivity index (χ1v) is 13.2. The molecular formula is C24H39NO3Si. The molecule has 4 rings (SSSR count). The third-order valence-electron chi connectivity index (χ3n) is 8.68. The van der Waals surface area contributed by atoms with Gasteiger partial charge in [-0.15, -0.1) is 0 Å². The first-order chi connectivity index (χ1) is 13.3. The summed E-state index contributed by atoms with van der Waals surface area (Å²) in [6, 6.07) is 1.90. The van der Waals surface area contributed by atoms with Crippen molar-refractivity contribution in [3.63, 3.8) is 0 Å². The molecule has 0 spiro atoms. The summed E-state index contributed by atoms with van der Waals surface area (Å²) in [6.07, 6.45) is 5.37. The van der Waals surface area contributed by atoms with Crippen LogP contribution in [0.3, 0.4) is 0 Å². The van der Waals surface area contributed by atoms with Gasteiger partial charge in [0.2, 0.25) is 0 Å². The summed E-state index contributed by atoms with van der Waals surface area (Å²) in [5.41, 5.74) is -1.03. The third kappa shape index (κ3) is 2.97. The molecule has 3 unspecified atom stereocenters. The van der Waals surface area contributed by atoms with E-state index >= 15 is 0 Å². The fraction of sp³-hybridized carbons (Fsp3) is 0.833. The molecule has 4 bridgehead atoms. The number of esters is 1. The van der Waals surface area contributed by atoms with E-state index in [4.69, 9.17) is 9.16 Å². The number of hydrogen-bond acceptors (Lipinski definition) is 4. The second-order valence-corrected chi connectivity index (χ2v) is 12.9. The zero-order valence-corrected chi connectivity index (χ0v) is 20.9. The summed E-state index contributed by atoms with van der Waals surface area (Å²) < 4.78 is 12.8. The van der Waals surface area contributed by atoms with Crippen LogP contribution in [0.4, 0.5) is 0 Å². The maximum atomic E-state index is 12.9. The van der Waals surface area contributed by atoms with Crippen molar-refractivity contribution < 1.29 is 14.0 Å². The van der Waals surface area contributed by atoms with Crippen molar-refractivity contribution in [1.82, 2.24) is 0 Å². The Balaban J connectivity index is 2.27. The van der Waals surface area contributed by atoms with Gasteiger partial charge >= 0.3 is 5.97 Å². The first kappa shape index (κ1) is 22.6. The van der Waals surface area contributed by atoms with Crippen molar-refractivity contribution in [2.45, 2.75) is 85.8 Å². The van der Waals surface area contributed by atoms with E-state index in [1.165, 1.54) is 19.3 Å². The summed E-state index contributed by atoms with van der Waals surface area (Å²) >= 11 is 0. The molecule has 0 N–H and O–H groups in total. The maximum Gasteiger partial charge on any atom is 0.348 e. The number of nitriles is 1. The molecule has 0 amide bonds. The molecule has 4 fully saturated rings. The topological polar surface area (TPSA) is 59.3 Å². The van der Waals surface area contributed by atoms with Gasteiger partial charge in [-0.1, -0.05) is 54.7 Å². The minimum atomic E-state index is -0.610. The Hall–Kier alpha value is -1.12. The molecule has 0 aliphatic heterocycles. The van der Waals surface area contributed by atoms with Gasteiger partial charge in [0.15, 0.2) is 9.76 Å². The van der Waals surface area contributed by atoms with Gasteiger partial charge in [-0.25, -0.2) is 4.79 Å². The van der Waals surface area contributed by atoms with E-state index in [2.05, 4.69) is 54.7 Å². The lowest BCUT2D eigenvalue weighted by atomic mass is 9.28. The highest BCUT2D eigenvalue weighted by atomic mass is 28.2. The fourth-order valence-corrected chi connectivity index (χ4v) is 8.53. The standard InChI is InChI=1S/C24H39NO3Si/c1-16(14-25)19(26)28-23-12-17-9-18(13-23)11-22(10-17,20(2,3)4)24(23,15-27-29-8)21(5,6)7/h17-18H,1,9-13,15,29H2,2-8H3. The quantitative estimate of drug-likeness (QED) is 0.279. The number of rotatable bonds is 5. The van der Waals surface area contributed by atoms with Crippen LogP contribution in [-0.2, 0) is 14.0 Å². The van der Waals surface area contributed by atoms with E-state index in [-0.39, 0.29) is 27.2 Å². The Morgan fingerprint density at radius 3 is 2.07 bits per heavy atom. The minimum absolute atomic E-state index is 0.0279. The van der Waals surface area contributed by atoms with E-state index < -0.39 is 21.3 Å². The highest BCUT2D eigenvalue weighted by molar-refractivity contribution is 6.24. The van der Waals surface area contributed by atoms with E-state index in [9.17, 15) is 10.1 Å². The van der Waals surface area contributed by atoms with Crippen LogP contribution in [0.25, 0.3) is 0 Å². The molecule has 0 radical (unpaired) electrons. The average molecular weight is 418 g/mol. The SMILES string of the molecule is C=C(C#N)C(=O)OC12CC3CC(C1)CC(C(C)(C)C)(C3)C2(CO[SiH2]C)C(C)(C)C. The van der Waals surface area contributed by atoms with Crippen LogP contribution in [0, 0.1) is 44.8 Å². The molecule has 3 atom stereocenters. The number of nitrogens with zero attached hydrogens (tertiary/aromatic N) is 1. The van der Waals surface area contributed by atoms with Crippen molar-refractivity contribution >= 4 is 15.7 Å². The molecule has 0 aromatic carbocycles. The summed E-state index contributed by atoms with van der Waals surface area (Å²) in [4.78, 5) is 12.9. The molecule has 4 aliphatic carbocycles. The normalized spacial score (nSPS) is 39.0. The molecule has 0 heterocycles. The molecule has 4 saturated carbocycles. The lowest BCUT2D eigenvalue weighted by Gasteiger charge is -2.78. The van der Waals surface area contributed by atoms with Gasteiger partial charge in [0.05, 0.1) is 0 Å². The Morgan fingerprint density at radius 2 is 1.66 bits per heavy atom. The summed E-state index contributed by atoms with van der Waals surface area (Å²) in [7, 11) is -0.610. The second kappa shape index (κ2) is 6.95. The lowest BCUT2D eigenvalue weighted by Crippen LogP contribution is -2.78. The molecule has 0 aromatic heterocycles. The molecule has 5 heteroatoms. The number of carbonyl (C=O) groups is 1. The van der Waals surface area contributed by atoms with Crippen LogP contribution in [0.1, 0.15) is 73.6 Å². The van der Waals surface area contributed by atoms with Crippen molar-refractivity contribution in [1.29, 1.82) is 5.26 Å². The highest BCUT2D eigenvalue weighted by Crippen LogP contribution is 2.79. The number of hydrogen-bond donors (Lipinski definition) is 0. The second-order valence-electron chi connectivity index (χ2n) is 11.9. The average Bonchev–Trinajstić information content (AvgIpc) is 2.57. The van der Waals surface area contributed by atoms with Crippen molar-refractivity contribution in [2.24, 2.45) is 33.5 Å². The highest BCUT2D eigenvalue weighted by Gasteiger charge is 2.79. The largest absolute Gasteiger partial charge is 0.454 e. The van der Waals surface area contributed by atoms with Gasteiger partial charge in [-0.3, -0.25) is 0 Å². The van der Waals surface area contributed by atoms with E-state index in [0.29, 0.717) is 18.4 Å². The van der Waals surface area contributed by atoms with E-state index in [0.717, 1.165) is 12.8 Å². The van der Waals surface area contributed by atoms with Crippen molar-refractivity contribution in [3.8, 4) is 6.07 Å². The molecule has 4 nitrogen and oxygen atoms in total. The molecule has 4 aliphatic rings. The van der Waals surface area contributed by atoms with E-state index in [1.54, 1.807) is 0 Å². The van der Waals surface area contributed by atoms with Crippen LogP contribution in [0.2, 0.25) is 6.55 Å². The molecule has 162 valence electrons. The Labute approximate surface area is 179 Å². The molecule has 0 saturated heterocycles. The Morgan fingerprint density at radius 1 is 1.10 bits per heavy atom. The van der Waals surface area contributed by atoms with Gasteiger partial charge in [0.25, 0.3) is 0 Å². The number of ether oxygens (including phenoxy) is 1. The molecule has 29 heavy (non-hydrogen) atoms. The summed E-state index contributed by atoms with van der Waals surface area (Å²) in [6.45, 7) is 20.5. The Bertz CT molecular complexity index is 725. The Kier molecular flexibility index (Phi) is 5.41. The van der Waals surface area contributed by atoms with Crippen LogP contribution in [0.5, 0.6) is 0 Å². The monoisotopic (exact) mass is 417 g/mol. The smallest absolute Gasteiger partial charge is 0.348 e. The summed E-state index contributed by atoms with van der Waals surface area (Å²) in [5.74, 6) is 0.597. The minimum Gasteiger partial charge on any atom is -0.454 e. The first-order valence-electron chi connectivity index (χ1n) is 11.2. The fourth-order valence-electron chi connectivity index (χ4n) is 8.02. The van der Waals surface area contributed by atoms with Gasteiger partial charge in [0, 0.05) is 12.0 Å². The predicted molar refractivity (Wildman–Crippen MR) is 118 cm³/mol. The van der Waals surface area contributed by atoms with Crippen LogP contribution < -0.4 is 0 Å². The van der Waals surface area contributed by atoms with Crippen LogP contribution in [0.15, 0.2) is 12.2 Å². The molecule has 0 aromatic rings. The number of carbonyl (C=O) groups excluding carboxylic acids is 1. The third-order valence-corrected chi connectivity index (χ3v) is 9.29.